The number of aromatic nitrogens is 2. The van der Waals surface area contributed by atoms with Crippen molar-refractivity contribution in [1.82, 2.24) is 10.1 Å². The number of benzene rings is 2. The zero-order valence-electron chi connectivity index (χ0n) is 12.4. The molecule has 23 heavy (non-hydrogen) atoms. The molecule has 0 amide bonds. The predicted octanol–water partition coefficient (Wildman–Crippen LogP) is 4.36. The van der Waals surface area contributed by atoms with Crippen LogP contribution in [-0.2, 0) is 11.4 Å². The summed E-state index contributed by atoms with van der Waals surface area (Å²) >= 11 is 3.42. The van der Waals surface area contributed by atoms with E-state index in [-0.39, 0.29) is 6.61 Å². The van der Waals surface area contributed by atoms with Crippen LogP contribution in [0, 0.1) is 6.92 Å². The highest BCUT2D eigenvalue weighted by Crippen LogP contribution is 2.20. The summed E-state index contributed by atoms with van der Waals surface area (Å²) in [7, 11) is 0. The molecule has 0 atom stereocenters. The molecule has 0 unspecified atom stereocenters. The van der Waals surface area contributed by atoms with E-state index in [9.17, 15) is 0 Å². The molecular weight excluding hydrogens is 358 g/mol. The highest BCUT2D eigenvalue weighted by molar-refractivity contribution is 9.10. The van der Waals surface area contributed by atoms with E-state index >= 15 is 0 Å². The van der Waals surface area contributed by atoms with Crippen molar-refractivity contribution >= 4 is 22.1 Å². The third kappa shape index (κ3) is 4.04. The van der Waals surface area contributed by atoms with Crippen LogP contribution in [0.3, 0.4) is 0 Å². The van der Waals surface area contributed by atoms with Gasteiger partial charge in [-0.3, -0.25) is 0 Å². The van der Waals surface area contributed by atoms with Gasteiger partial charge in [0.05, 0.1) is 6.21 Å². The van der Waals surface area contributed by atoms with Gasteiger partial charge in [0.15, 0.2) is 6.61 Å². The topological polar surface area (TPSA) is 60.5 Å². The maximum atomic E-state index is 5.22. The SMILES string of the molecule is Cc1ccccc1/C=N\OCc1nc(-c2cccc(Br)c2)no1. The van der Waals surface area contributed by atoms with Crippen molar-refractivity contribution in [2.24, 2.45) is 5.16 Å². The van der Waals surface area contributed by atoms with Crippen molar-refractivity contribution in [1.29, 1.82) is 0 Å². The maximum Gasteiger partial charge on any atom is 0.267 e. The minimum atomic E-state index is 0.128. The Labute approximate surface area is 142 Å². The quantitative estimate of drug-likeness (QED) is 0.493. The summed E-state index contributed by atoms with van der Waals surface area (Å²) in [6.07, 6.45) is 1.67. The molecule has 2 aromatic carbocycles. The number of oxime groups is 1. The minimum Gasteiger partial charge on any atom is -0.386 e. The molecule has 3 rings (SSSR count). The molecule has 6 heteroatoms. The fraction of sp³-hybridized carbons (Fsp3) is 0.118. The summed E-state index contributed by atoms with van der Waals surface area (Å²) in [6, 6.07) is 15.6. The van der Waals surface area contributed by atoms with Crippen LogP contribution in [0.4, 0.5) is 0 Å². The molecule has 0 N–H and O–H groups in total. The van der Waals surface area contributed by atoms with Gasteiger partial charge < -0.3 is 9.36 Å². The van der Waals surface area contributed by atoms with Gasteiger partial charge >= 0.3 is 0 Å². The molecule has 0 bridgehead atoms. The van der Waals surface area contributed by atoms with Crippen molar-refractivity contribution in [3.05, 3.63) is 70.0 Å². The first kappa shape index (κ1) is 15.4. The zero-order chi connectivity index (χ0) is 16.1. The van der Waals surface area contributed by atoms with Crippen LogP contribution < -0.4 is 0 Å². The highest BCUT2D eigenvalue weighted by Gasteiger charge is 2.09. The molecule has 0 spiro atoms. The smallest absolute Gasteiger partial charge is 0.267 e. The van der Waals surface area contributed by atoms with Crippen molar-refractivity contribution in [2.75, 3.05) is 0 Å². The molecule has 116 valence electrons. The van der Waals surface area contributed by atoms with Gasteiger partial charge in [0.2, 0.25) is 5.82 Å². The molecule has 1 heterocycles. The Bertz CT molecular complexity index is 830. The second-order valence-corrected chi connectivity index (χ2v) is 5.80. The Morgan fingerprint density at radius 3 is 2.91 bits per heavy atom. The molecule has 3 aromatic rings. The minimum absolute atomic E-state index is 0.128. The van der Waals surface area contributed by atoms with Gasteiger partial charge in [0.1, 0.15) is 0 Å². The van der Waals surface area contributed by atoms with Gasteiger partial charge in [-0.1, -0.05) is 62.6 Å². The van der Waals surface area contributed by atoms with E-state index in [4.69, 9.17) is 9.36 Å². The Morgan fingerprint density at radius 2 is 2.09 bits per heavy atom. The van der Waals surface area contributed by atoms with Crippen molar-refractivity contribution < 1.29 is 9.36 Å². The molecule has 0 fully saturated rings. The number of halogens is 1. The fourth-order valence-electron chi connectivity index (χ4n) is 1.98. The normalized spacial score (nSPS) is 11.0. The molecule has 0 radical (unpaired) electrons. The average Bonchev–Trinajstić information content (AvgIpc) is 3.02. The first-order valence-corrected chi connectivity index (χ1v) is 7.81. The van der Waals surface area contributed by atoms with E-state index in [0.29, 0.717) is 11.7 Å². The highest BCUT2D eigenvalue weighted by atomic mass is 79.9. The summed E-state index contributed by atoms with van der Waals surface area (Å²) in [5.41, 5.74) is 3.01. The van der Waals surface area contributed by atoms with Gasteiger partial charge in [-0.2, -0.15) is 4.98 Å². The number of nitrogens with zero attached hydrogens (tertiary/aromatic N) is 3. The van der Waals surface area contributed by atoms with Gasteiger partial charge in [-0.15, -0.1) is 0 Å². The molecule has 5 nitrogen and oxygen atoms in total. The van der Waals surface area contributed by atoms with Crippen LogP contribution in [0.1, 0.15) is 17.0 Å². The van der Waals surface area contributed by atoms with E-state index in [1.165, 1.54) is 0 Å². The first-order chi connectivity index (χ1) is 11.2. The van der Waals surface area contributed by atoms with Gasteiger partial charge in [0.25, 0.3) is 5.89 Å². The van der Waals surface area contributed by atoms with Crippen LogP contribution in [0.2, 0.25) is 0 Å². The molecular formula is C17H14BrN3O2. The monoisotopic (exact) mass is 371 g/mol. The number of aryl methyl sites for hydroxylation is 1. The Kier molecular flexibility index (Phi) is 4.83. The zero-order valence-corrected chi connectivity index (χ0v) is 14.0. The molecule has 0 aliphatic carbocycles. The Morgan fingerprint density at radius 1 is 1.22 bits per heavy atom. The molecule has 0 aliphatic heterocycles. The van der Waals surface area contributed by atoms with Crippen molar-refractivity contribution in [2.45, 2.75) is 13.5 Å². The second-order valence-electron chi connectivity index (χ2n) is 4.89. The van der Waals surface area contributed by atoms with E-state index in [1.807, 2.05) is 55.5 Å². The van der Waals surface area contributed by atoms with Crippen molar-refractivity contribution in [3.63, 3.8) is 0 Å². The van der Waals surface area contributed by atoms with Crippen LogP contribution >= 0.6 is 15.9 Å². The summed E-state index contributed by atoms with van der Waals surface area (Å²) < 4.78 is 6.12. The molecule has 0 saturated heterocycles. The van der Waals surface area contributed by atoms with Gasteiger partial charge in [-0.05, 0) is 30.2 Å². The lowest BCUT2D eigenvalue weighted by atomic mass is 10.1. The number of hydrogen-bond donors (Lipinski definition) is 0. The van der Waals surface area contributed by atoms with Crippen molar-refractivity contribution in [3.8, 4) is 11.4 Å². The van der Waals surface area contributed by atoms with Crippen LogP contribution in [0.5, 0.6) is 0 Å². The summed E-state index contributed by atoms with van der Waals surface area (Å²) in [6.45, 7) is 2.15. The van der Waals surface area contributed by atoms with Crippen LogP contribution in [-0.4, -0.2) is 16.4 Å². The Hall–Kier alpha value is -2.47. The predicted molar refractivity (Wildman–Crippen MR) is 91.0 cm³/mol. The lowest BCUT2D eigenvalue weighted by Crippen LogP contribution is -1.90. The third-order valence-electron chi connectivity index (χ3n) is 3.19. The van der Waals surface area contributed by atoms with Crippen LogP contribution in [0.25, 0.3) is 11.4 Å². The van der Waals surface area contributed by atoms with Crippen LogP contribution in [0.15, 0.2) is 62.7 Å². The third-order valence-corrected chi connectivity index (χ3v) is 3.69. The molecule has 1 aromatic heterocycles. The van der Waals surface area contributed by atoms with Gasteiger partial charge in [-0.25, -0.2) is 0 Å². The van der Waals surface area contributed by atoms with E-state index in [1.54, 1.807) is 6.21 Å². The number of rotatable bonds is 5. The van der Waals surface area contributed by atoms with E-state index in [2.05, 4.69) is 31.2 Å². The first-order valence-electron chi connectivity index (χ1n) is 7.02. The fourth-order valence-corrected chi connectivity index (χ4v) is 2.38. The Balaban J connectivity index is 1.61. The lowest BCUT2D eigenvalue weighted by Gasteiger charge is -1.97. The summed E-state index contributed by atoms with van der Waals surface area (Å²) in [4.78, 5) is 9.50. The molecule has 0 saturated carbocycles. The number of hydrogen-bond acceptors (Lipinski definition) is 5. The largest absolute Gasteiger partial charge is 0.386 e. The summed E-state index contributed by atoms with van der Waals surface area (Å²) in [5, 5.41) is 7.87. The lowest BCUT2D eigenvalue weighted by molar-refractivity contribution is 0.107. The average molecular weight is 372 g/mol. The van der Waals surface area contributed by atoms with Gasteiger partial charge in [0, 0.05) is 10.0 Å². The second kappa shape index (κ2) is 7.19. The van der Waals surface area contributed by atoms with E-state index in [0.717, 1.165) is 21.2 Å². The van der Waals surface area contributed by atoms with E-state index < -0.39 is 0 Å². The maximum absolute atomic E-state index is 5.22. The summed E-state index contributed by atoms with van der Waals surface area (Å²) in [5.74, 6) is 0.898. The standard InChI is InChI=1S/C17H14BrN3O2/c1-12-5-2-3-6-14(12)10-19-22-11-16-20-17(21-23-16)13-7-4-8-15(18)9-13/h2-10H,11H2,1H3/b19-10-. The molecule has 0 aliphatic rings.